The van der Waals surface area contributed by atoms with Gasteiger partial charge in [-0.2, -0.15) is 0 Å². The van der Waals surface area contributed by atoms with Gasteiger partial charge in [0, 0.05) is 37.8 Å². The number of imidazole rings is 1. The monoisotopic (exact) mass is 181 g/mol. The van der Waals surface area contributed by atoms with E-state index in [0.29, 0.717) is 6.54 Å². The summed E-state index contributed by atoms with van der Waals surface area (Å²) in [6.07, 6.45) is 7.74. The van der Waals surface area contributed by atoms with Gasteiger partial charge in [-0.25, -0.2) is 9.78 Å². The molecule has 0 spiro atoms. The second-order valence-corrected chi connectivity index (χ2v) is 2.43. The van der Waals surface area contributed by atoms with Crippen molar-refractivity contribution >= 4 is 5.97 Å². The molecular formula is C8H11N3O2. The highest BCUT2D eigenvalue weighted by atomic mass is 16.4. The van der Waals surface area contributed by atoms with Gasteiger partial charge in [0.25, 0.3) is 0 Å². The number of carboxylic acid groups (broad SMARTS) is 1. The number of rotatable bonds is 5. The summed E-state index contributed by atoms with van der Waals surface area (Å²) >= 11 is 0. The van der Waals surface area contributed by atoms with E-state index in [-0.39, 0.29) is 0 Å². The summed E-state index contributed by atoms with van der Waals surface area (Å²) in [5.41, 5.74) is 0. The third-order valence-corrected chi connectivity index (χ3v) is 1.42. The van der Waals surface area contributed by atoms with E-state index in [2.05, 4.69) is 10.3 Å². The number of hydrogen-bond acceptors (Lipinski definition) is 3. The molecule has 1 rings (SSSR count). The molecule has 1 heterocycles. The molecule has 5 nitrogen and oxygen atoms in total. The van der Waals surface area contributed by atoms with Crippen LogP contribution in [-0.4, -0.2) is 27.2 Å². The summed E-state index contributed by atoms with van der Waals surface area (Å²) in [6, 6.07) is 0. The van der Waals surface area contributed by atoms with E-state index in [9.17, 15) is 4.79 Å². The predicted molar refractivity (Wildman–Crippen MR) is 47.0 cm³/mol. The number of hydrogen-bond donors (Lipinski definition) is 2. The Morgan fingerprint density at radius 3 is 3.15 bits per heavy atom. The Labute approximate surface area is 75.7 Å². The van der Waals surface area contributed by atoms with E-state index in [1.165, 1.54) is 6.20 Å². The van der Waals surface area contributed by atoms with Crippen LogP contribution in [0.15, 0.2) is 31.0 Å². The van der Waals surface area contributed by atoms with Gasteiger partial charge in [0.05, 0.1) is 6.33 Å². The zero-order valence-electron chi connectivity index (χ0n) is 7.05. The van der Waals surface area contributed by atoms with Crippen LogP contribution in [0, 0.1) is 0 Å². The zero-order valence-corrected chi connectivity index (χ0v) is 7.05. The van der Waals surface area contributed by atoms with Crippen molar-refractivity contribution in [2.24, 2.45) is 0 Å². The number of carboxylic acids is 1. The highest BCUT2D eigenvalue weighted by molar-refractivity contribution is 5.79. The van der Waals surface area contributed by atoms with Gasteiger partial charge in [0.1, 0.15) is 0 Å². The lowest BCUT2D eigenvalue weighted by Crippen LogP contribution is -2.13. The summed E-state index contributed by atoms with van der Waals surface area (Å²) < 4.78 is 1.90. The van der Waals surface area contributed by atoms with E-state index >= 15 is 0 Å². The number of nitrogens with zero attached hydrogens (tertiary/aromatic N) is 2. The Kier molecular flexibility index (Phi) is 3.56. The lowest BCUT2D eigenvalue weighted by atomic mass is 10.5. The first-order valence-electron chi connectivity index (χ1n) is 3.87. The fourth-order valence-corrected chi connectivity index (χ4v) is 0.826. The molecule has 0 bridgehead atoms. The third kappa shape index (κ3) is 3.95. The summed E-state index contributed by atoms with van der Waals surface area (Å²) in [7, 11) is 0. The molecule has 0 saturated heterocycles. The van der Waals surface area contributed by atoms with Crippen LogP contribution in [0.3, 0.4) is 0 Å². The van der Waals surface area contributed by atoms with Crippen molar-refractivity contribution in [1.29, 1.82) is 0 Å². The molecule has 70 valence electrons. The topological polar surface area (TPSA) is 67.2 Å². The molecule has 0 saturated carbocycles. The van der Waals surface area contributed by atoms with Gasteiger partial charge < -0.3 is 15.0 Å². The van der Waals surface area contributed by atoms with Crippen LogP contribution in [0.5, 0.6) is 0 Å². The number of aliphatic carboxylic acids is 1. The first kappa shape index (κ1) is 9.31. The van der Waals surface area contributed by atoms with Crippen molar-refractivity contribution in [2.45, 2.75) is 6.54 Å². The fraction of sp³-hybridized carbons (Fsp3) is 0.250. The van der Waals surface area contributed by atoms with E-state index in [4.69, 9.17) is 5.11 Å². The minimum atomic E-state index is -0.949. The highest BCUT2D eigenvalue weighted by Gasteiger charge is 1.87. The van der Waals surface area contributed by atoms with Gasteiger partial charge in [0.2, 0.25) is 0 Å². The first-order valence-corrected chi connectivity index (χ1v) is 3.87. The molecule has 13 heavy (non-hydrogen) atoms. The molecule has 0 amide bonds. The predicted octanol–water partition coefficient (Wildman–Crippen LogP) is 0.0710. The molecule has 2 N–H and O–H groups in total. The van der Waals surface area contributed by atoms with Crippen LogP contribution < -0.4 is 5.32 Å². The number of aromatic nitrogens is 2. The first-order chi connectivity index (χ1) is 6.29. The largest absolute Gasteiger partial charge is 0.478 e. The molecule has 0 aliphatic heterocycles. The van der Waals surface area contributed by atoms with Gasteiger partial charge in [-0.3, -0.25) is 0 Å². The summed E-state index contributed by atoms with van der Waals surface area (Å²) in [5.74, 6) is -0.949. The van der Waals surface area contributed by atoms with Crippen LogP contribution in [0.1, 0.15) is 0 Å². The molecule has 0 aliphatic rings. The lowest BCUT2D eigenvalue weighted by Gasteiger charge is -2.00. The molecule has 0 radical (unpaired) electrons. The Bertz CT molecular complexity index is 280. The van der Waals surface area contributed by atoms with Gasteiger partial charge in [-0.1, -0.05) is 0 Å². The Morgan fingerprint density at radius 2 is 2.54 bits per heavy atom. The normalized spacial score (nSPS) is 10.5. The molecule has 0 aliphatic carbocycles. The van der Waals surface area contributed by atoms with Crippen molar-refractivity contribution < 1.29 is 9.90 Å². The molecule has 0 fully saturated rings. The van der Waals surface area contributed by atoms with Crippen molar-refractivity contribution in [3.05, 3.63) is 31.0 Å². The van der Waals surface area contributed by atoms with Gasteiger partial charge in [-0.15, -0.1) is 0 Å². The lowest BCUT2D eigenvalue weighted by molar-refractivity contribution is -0.131. The van der Waals surface area contributed by atoms with Crippen molar-refractivity contribution in [3.63, 3.8) is 0 Å². The van der Waals surface area contributed by atoms with E-state index in [0.717, 1.165) is 12.6 Å². The molecular weight excluding hydrogens is 170 g/mol. The van der Waals surface area contributed by atoms with Gasteiger partial charge in [0.15, 0.2) is 0 Å². The van der Waals surface area contributed by atoms with Gasteiger partial charge >= 0.3 is 5.97 Å². The van der Waals surface area contributed by atoms with Crippen LogP contribution >= 0.6 is 0 Å². The molecule has 5 heteroatoms. The molecule has 0 atom stereocenters. The molecule has 0 unspecified atom stereocenters. The quantitative estimate of drug-likeness (QED) is 0.498. The maximum absolute atomic E-state index is 10.0. The zero-order chi connectivity index (χ0) is 9.52. The third-order valence-electron chi connectivity index (χ3n) is 1.42. The SMILES string of the molecule is O=C(O)/C=C/NCCn1ccnc1. The second-order valence-electron chi connectivity index (χ2n) is 2.43. The second kappa shape index (κ2) is 4.97. The van der Waals surface area contributed by atoms with Crippen LogP contribution in [0.2, 0.25) is 0 Å². The Balaban J connectivity index is 2.12. The molecule has 0 aromatic carbocycles. The Hall–Kier alpha value is -1.78. The number of carbonyl (C=O) groups is 1. The average molecular weight is 181 g/mol. The van der Waals surface area contributed by atoms with Crippen molar-refractivity contribution in [3.8, 4) is 0 Å². The standard InChI is InChI=1S/C8H11N3O2/c12-8(13)1-2-9-3-5-11-6-4-10-7-11/h1-2,4,6-7,9H,3,5H2,(H,12,13)/b2-1+. The van der Waals surface area contributed by atoms with Crippen LogP contribution in [0.25, 0.3) is 0 Å². The fourth-order valence-electron chi connectivity index (χ4n) is 0.826. The Morgan fingerprint density at radius 1 is 1.69 bits per heavy atom. The summed E-state index contributed by atoms with van der Waals surface area (Å²) in [5, 5.41) is 11.1. The molecule has 1 aromatic rings. The summed E-state index contributed by atoms with van der Waals surface area (Å²) in [4.78, 5) is 13.9. The maximum Gasteiger partial charge on any atom is 0.329 e. The smallest absolute Gasteiger partial charge is 0.329 e. The minimum absolute atomic E-state index is 0.681. The molecule has 1 aromatic heterocycles. The average Bonchev–Trinajstić information content (AvgIpc) is 2.55. The minimum Gasteiger partial charge on any atom is -0.478 e. The van der Waals surface area contributed by atoms with Gasteiger partial charge in [-0.05, 0) is 0 Å². The van der Waals surface area contributed by atoms with E-state index in [1.807, 2.05) is 10.8 Å². The van der Waals surface area contributed by atoms with Crippen molar-refractivity contribution in [2.75, 3.05) is 6.54 Å². The highest BCUT2D eigenvalue weighted by Crippen LogP contribution is 1.83. The van der Waals surface area contributed by atoms with Crippen molar-refractivity contribution in [1.82, 2.24) is 14.9 Å². The number of nitrogens with one attached hydrogen (secondary N) is 1. The summed E-state index contributed by atoms with van der Waals surface area (Å²) in [6.45, 7) is 1.45. The van der Waals surface area contributed by atoms with E-state index < -0.39 is 5.97 Å². The maximum atomic E-state index is 10.0. The van der Waals surface area contributed by atoms with E-state index in [1.54, 1.807) is 12.5 Å². The van der Waals surface area contributed by atoms with Crippen LogP contribution in [-0.2, 0) is 11.3 Å². The van der Waals surface area contributed by atoms with Crippen LogP contribution in [0.4, 0.5) is 0 Å².